The van der Waals surface area contributed by atoms with E-state index >= 15 is 0 Å². The molecule has 3 atom stereocenters. The van der Waals surface area contributed by atoms with Gasteiger partial charge in [0.15, 0.2) is 0 Å². The van der Waals surface area contributed by atoms with Crippen LogP contribution in [0.1, 0.15) is 45.4 Å². The fourth-order valence-electron chi connectivity index (χ4n) is 2.41. The van der Waals surface area contributed by atoms with Crippen molar-refractivity contribution < 1.29 is 14.7 Å². The molecule has 0 aromatic rings. The van der Waals surface area contributed by atoms with Crippen LogP contribution in [0.15, 0.2) is 0 Å². The van der Waals surface area contributed by atoms with Crippen LogP contribution in [0, 0.1) is 0 Å². The second-order valence-electron chi connectivity index (χ2n) is 5.04. The molecule has 1 aliphatic rings. The molecule has 0 aliphatic heterocycles. The summed E-state index contributed by atoms with van der Waals surface area (Å²) in [6.07, 6.45) is 7.08. The Labute approximate surface area is 118 Å². The van der Waals surface area contributed by atoms with Gasteiger partial charge in [-0.2, -0.15) is 11.8 Å². The number of carbonyl (C=O) groups excluding carboxylic acids is 1. The van der Waals surface area contributed by atoms with Crippen LogP contribution in [0.25, 0.3) is 0 Å². The number of urea groups is 1. The molecule has 0 bridgehead atoms. The lowest BCUT2D eigenvalue weighted by atomic mass is 9.95. The van der Waals surface area contributed by atoms with Crippen LogP contribution >= 0.6 is 11.8 Å². The summed E-state index contributed by atoms with van der Waals surface area (Å²) in [5.74, 6) is -0.882. The molecule has 110 valence electrons. The monoisotopic (exact) mass is 288 g/mol. The van der Waals surface area contributed by atoms with Crippen molar-refractivity contribution >= 4 is 23.8 Å². The summed E-state index contributed by atoms with van der Waals surface area (Å²) in [5, 5.41) is 15.1. The summed E-state index contributed by atoms with van der Waals surface area (Å²) < 4.78 is 0. The van der Waals surface area contributed by atoms with E-state index < -0.39 is 5.97 Å². The lowest BCUT2D eigenvalue weighted by Gasteiger charge is -2.29. The van der Waals surface area contributed by atoms with Gasteiger partial charge in [-0.1, -0.05) is 13.3 Å². The normalized spacial score (nSPS) is 24.5. The van der Waals surface area contributed by atoms with Crippen molar-refractivity contribution in [3.63, 3.8) is 0 Å². The molecule has 1 aliphatic carbocycles. The number of rotatable bonds is 6. The number of amides is 2. The zero-order valence-electron chi connectivity index (χ0n) is 11.6. The van der Waals surface area contributed by atoms with Gasteiger partial charge in [0.1, 0.15) is 0 Å². The summed E-state index contributed by atoms with van der Waals surface area (Å²) in [4.78, 5) is 22.5. The van der Waals surface area contributed by atoms with Crippen LogP contribution in [0.5, 0.6) is 0 Å². The highest BCUT2D eigenvalue weighted by Crippen LogP contribution is 2.26. The number of carboxylic acid groups (broad SMARTS) is 1. The first kappa shape index (κ1) is 16.1. The number of nitrogens with one attached hydrogen (secondary N) is 2. The third-order valence-corrected chi connectivity index (χ3v) is 4.64. The first-order chi connectivity index (χ1) is 9.05. The Balaban J connectivity index is 2.35. The molecule has 19 heavy (non-hydrogen) atoms. The Kier molecular flexibility index (Phi) is 7.05. The van der Waals surface area contributed by atoms with E-state index in [2.05, 4.69) is 16.9 Å². The van der Waals surface area contributed by atoms with Crippen LogP contribution < -0.4 is 10.6 Å². The lowest BCUT2D eigenvalue weighted by molar-refractivity contribution is -0.137. The summed E-state index contributed by atoms with van der Waals surface area (Å²) >= 11 is 1.85. The molecule has 2 amide bonds. The van der Waals surface area contributed by atoms with Gasteiger partial charge in [0, 0.05) is 17.3 Å². The molecule has 3 N–H and O–H groups in total. The van der Waals surface area contributed by atoms with E-state index in [9.17, 15) is 9.59 Å². The molecule has 0 aromatic heterocycles. The Morgan fingerprint density at radius 3 is 2.74 bits per heavy atom. The molecule has 1 rings (SSSR count). The van der Waals surface area contributed by atoms with Crippen molar-refractivity contribution in [2.45, 2.75) is 62.8 Å². The Bertz CT molecular complexity index is 312. The molecule has 0 spiro atoms. The fourth-order valence-corrected chi connectivity index (χ4v) is 3.24. The number of carbonyl (C=O) groups is 2. The summed E-state index contributed by atoms with van der Waals surface area (Å²) in [7, 11) is 0. The SMILES string of the molecule is CCC(CC(=O)O)NC(=O)NC1CCCC(SC)C1. The second kappa shape index (κ2) is 8.30. The zero-order valence-corrected chi connectivity index (χ0v) is 12.5. The number of aliphatic carboxylic acids is 1. The summed E-state index contributed by atoms with van der Waals surface area (Å²) in [6.45, 7) is 1.87. The van der Waals surface area contributed by atoms with Crippen LogP contribution in [-0.4, -0.2) is 40.7 Å². The predicted molar refractivity (Wildman–Crippen MR) is 77.6 cm³/mol. The average Bonchev–Trinajstić information content (AvgIpc) is 2.37. The van der Waals surface area contributed by atoms with Crippen molar-refractivity contribution in [1.82, 2.24) is 10.6 Å². The van der Waals surface area contributed by atoms with E-state index in [0.29, 0.717) is 11.7 Å². The third-order valence-electron chi connectivity index (χ3n) is 3.54. The van der Waals surface area contributed by atoms with Gasteiger partial charge >= 0.3 is 12.0 Å². The van der Waals surface area contributed by atoms with Crippen molar-refractivity contribution in [3.8, 4) is 0 Å². The topological polar surface area (TPSA) is 78.4 Å². The molecule has 3 unspecified atom stereocenters. The minimum Gasteiger partial charge on any atom is -0.481 e. The largest absolute Gasteiger partial charge is 0.481 e. The molecule has 1 saturated carbocycles. The van der Waals surface area contributed by atoms with Crippen molar-refractivity contribution in [2.75, 3.05) is 6.26 Å². The molecule has 6 heteroatoms. The highest BCUT2D eigenvalue weighted by Gasteiger charge is 2.23. The van der Waals surface area contributed by atoms with E-state index in [-0.39, 0.29) is 24.5 Å². The smallest absolute Gasteiger partial charge is 0.315 e. The second-order valence-corrected chi connectivity index (χ2v) is 6.18. The van der Waals surface area contributed by atoms with Crippen LogP contribution in [0.4, 0.5) is 4.79 Å². The predicted octanol–water partition coefficient (Wildman–Crippen LogP) is 2.21. The van der Waals surface area contributed by atoms with Crippen LogP contribution in [0.3, 0.4) is 0 Å². The Morgan fingerprint density at radius 2 is 2.16 bits per heavy atom. The van der Waals surface area contributed by atoms with Crippen molar-refractivity contribution in [3.05, 3.63) is 0 Å². The van der Waals surface area contributed by atoms with Crippen molar-refractivity contribution in [1.29, 1.82) is 0 Å². The van der Waals surface area contributed by atoms with E-state index in [1.807, 2.05) is 18.7 Å². The van der Waals surface area contributed by atoms with Crippen molar-refractivity contribution in [2.24, 2.45) is 0 Å². The number of thioether (sulfide) groups is 1. The molecule has 5 nitrogen and oxygen atoms in total. The summed E-state index contributed by atoms with van der Waals surface area (Å²) in [6, 6.07) is -0.314. The van der Waals surface area contributed by atoms with E-state index in [1.165, 1.54) is 6.42 Å². The van der Waals surface area contributed by atoms with Gasteiger partial charge < -0.3 is 15.7 Å². The van der Waals surface area contributed by atoms with Gasteiger partial charge in [-0.3, -0.25) is 4.79 Å². The summed E-state index contributed by atoms with van der Waals surface area (Å²) in [5.41, 5.74) is 0. The number of hydrogen-bond donors (Lipinski definition) is 3. The highest BCUT2D eigenvalue weighted by atomic mass is 32.2. The quantitative estimate of drug-likeness (QED) is 0.700. The van der Waals surface area contributed by atoms with E-state index in [1.54, 1.807) is 0 Å². The van der Waals surface area contributed by atoms with E-state index in [0.717, 1.165) is 19.3 Å². The van der Waals surface area contributed by atoms with Gasteiger partial charge in [-0.05, 0) is 31.9 Å². The maximum atomic E-state index is 11.8. The molecule has 0 aromatic carbocycles. The van der Waals surface area contributed by atoms with E-state index in [4.69, 9.17) is 5.11 Å². The van der Waals surface area contributed by atoms with Crippen LogP contribution in [-0.2, 0) is 4.79 Å². The van der Waals surface area contributed by atoms with Gasteiger partial charge in [0.25, 0.3) is 0 Å². The first-order valence-electron chi connectivity index (χ1n) is 6.86. The molecule has 0 heterocycles. The molecule has 0 saturated heterocycles. The van der Waals surface area contributed by atoms with Gasteiger partial charge in [0.2, 0.25) is 0 Å². The lowest BCUT2D eigenvalue weighted by Crippen LogP contribution is -2.48. The molecular formula is C13H24N2O3S. The number of hydrogen-bond acceptors (Lipinski definition) is 3. The highest BCUT2D eigenvalue weighted by molar-refractivity contribution is 7.99. The third kappa shape index (κ3) is 6.18. The average molecular weight is 288 g/mol. The maximum absolute atomic E-state index is 11.8. The van der Waals surface area contributed by atoms with Gasteiger partial charge in [-0.25, -0.2) is 4.79 Å². The van der Waals surface area contributed by atoms with Gasteiger partial charge in [0.05, 0.1) is 6.42 Å². The molecular weight excluding hydrogens is 264 g/mol. The first-order valence-corrected chi connectivity index (χ1v) is 8.15. The van der Waals surface area contributed by atoms with Gasteiger partial charge in [-0.15, -0.1) is 0 Å². The Morgan fingerprint density at radius 1 is 1.42 bits per heavy atom. The molecule has 1 fully saturated rings. The minimum atomic E-state index is -0.882. The zero-order chi connectivity index (χ0) is 14.3. The van der Waals surface area contributed by atoms with Crippen LogP contribution in [0.2, 0.25) is 0 Å². The number of carboxylic acids is 1. The Hall–Kier alpha value is -0.910. The fraction of sp³-hybridized carbons (Fsp3) is 0.846. The standard InChI is InChI=1S/C13H24N2O3S/c1-3-9(8-12(16)17)14-13(18)15-10-5-4-6-11(7-10)19-2/h9-11H,3-8H2,1-2H3,(H,16,17)(H2,14,15,18). The minimum absolute atomic E-state index is 0.0258. The molecule has 0 radical (unpaired) electrons. The maximum Gasteiger partial charge on any atom is 0.315 e.